The monoisotopic (exact) mass is 494 g/mol. The molecule has 0 aliphatic carbocycles. The number of alkyl halides is 3. The first-order chi connectivity index (χ1) is 14.3. The zero-order valence-electron chi connectivity index (χ0n) is 17.0. The number of ketones is 1. The maximum atomic E-state index is 14.6. The molecule has 2 heterocycles. The molecular formula is C20H20Cl2F4N4O2. The van der Waals surface area contributed by atoms with Gasteiger partial charge in [0, 0.05) is 18.2 Å². The van der Waals surface area contributed by atoms with Crippen LogP contribution >= 0.6 is 24.0 Å². The summed E-state index contributed by atoms with van der Waals surface area (Å²) in [6.45, 7) is 1.60. The topological polar surface area (TPSA) is 104 Å². The normalized spacial score (nSPS) is 23.3. The van der Waals surface area contributed by atoms with Crippen molar-refractivity contribution in [2.75, 3.05) is 12.3 Å². The lowest BCUT2D eigenvalue weighted by atomic mass is 9.88. The van der Waals surface area contributed by atoms with Crippen LogP contribution in [-0.4, -0.2) is 35.0 Å². The minimum atomic E-state index is -4.79. The Morgan fingerprint density at radius 2 is 1.91 bits per heavy atom. The summed E-state index contributed by atoms with van der Waals surface area (Å²) in [4.78, 5) is 20.4. The molecule has 1 aliphatic heterocycles. The van der Waals surface area contributed by atoms with Crippen LogP contribution in [0.1, 0.15) is 35.5 Å². The van der Waals surface area contributed by atoms with Crippen LogP contribution in [0.2, 0.25) is 5.02 Å². The van der Waals surface area contributed by atoms with Gasteiger partial charge in [0.15, 0.2) is 5.78 Å². The molecule has 2 atom stereocenters. The fourth-order valence-electron chi connectivity index (χ4n) is 3.18. The Kier molecular flexibility index (Phi) is 7.13. The summed E-state index contributed by atoms with van der Waals surface area (Å²) < 4.78 is 59.6. The number of pyridine rings is 1. The van der Waals surface area contributed by atoms with Crippen molar-refractivity contribution in [1.82, 2.24) is 4.98 Å². The van der Waals surface area contributed by atoms with Gasteiger partial charge >= 0.3 is 6.18 Å². The summed E-state index contributed by atoms with van der Waals surface area (Å²) >= 11 is 5.78. The number of hydrogen-bond acceptors (Lipinski definition) is 6. The highest BCUT2D eigenvalue weighted by molar-refractivity contribution is 6.30. The maximum Gasteiger partial charge on any atom is 0.424 e. The van der Waals surface area contributed by atoms with Gasteiger partial charge in [-0.25, -0.2) is 9.37 Å². The second-order valence-electron chi connectivity index (χ2n) is 7.60. The van der Waals surface area contributed by atoms with E-state index >= 15 is 0 Å². The van der Waals surface area contributed by atoms with Crippen LogP contribution in [0.25, 0.3) is 0 Å². The van der Waals surface area contributed by atoms with Crippen LogP contribution in [0.3, 0.4) is 0 Å². The average molecular weight is 495 g/mol. The number of aromatic nitrogens is 1. The third-order valence-electron chi connectivity index (χ3n) is 5.16. The van der Waals surface area contributed by atoms with Crippen LogP contribution in [0.15, 0.2) is 35.5 Å². The number of nitrogens with zero attached hydrogens (tertiary/aromatic N) is 2. The van der Waals surface area contributed by atoms with Crippen molar-refractivity contribution in [3.8, 4) is 0 Å². The van der Waals surface area contributed by atoms with Gasteiger partial charge in [0.25, 0.3) is 0 Å². The van der Waals surface area contributed by atoms with Crippen molar-refractivity contribution in [2.45, 2.75) is 37.6 Å². The van der Waals surface area contributed by atoms with Crippen LogP contribution < -0.4 is 11.5 Å². The first kappa shape index (κ1) is 25.8. The molecule has 0 bridgehead atoms. The number of anilines is 1. The van der Waals surface area contributed by atoms with E-state index in [2.05, 4.69) is 9.98 Å². The molecule has 1 aliphatic rings. The predicted octanol–water partition coefficient (Wildman–Crippen LogP) is 4.23. The molecule has 0 saturated heterocycles. The van der Waals surface area contributed by atoms with E-state index in [1.54, 1.807) is 0 Å². The number of halogens is 6. The lowest BCUT2D eigenvalue weighted by Crippen LogP contribution is -2.60. The van der Waals surface area contributed by atoms with Gasteiger partial charge in [0.2, 0.25) is 5.60 Å². The Hall–Kier alpha value is -2.43. The third kappa shape index (κ3) is 4.67. The molecule has 4 N–H and O–H groups in total. The molecule has 32 heavy (non-hydrogen) atoms. The van der Waals surface area contributed by atoms with Gasteiger partial charge in [-0.15, -0.1) is 12.4 Å². The molecule has 0 spiro atoms. The summed E-state index contributed by atoms with van der Waals surface area (Å²) in [5.74, 6) is -1.98. The van der Waals surface area contributed by atoms with Gasteiger partial charge in [0.05, 0.1) is 17.3 Å². The second-order valence-corrected chi connectivity index (χ2v) is 8.03. The Bertz CT molecular complexity index is 1080. The molecule has 12 heteroatoms. The van der Waals surface area contributed by atoms with Gasteiger partial charge in [-0.3, -0.25) is 9.79 Å². The molecule has 174 valence electrons. The van der Waals surface area contributed by atoms with E-state index in [9.17, 15) is 22.4 Å². The Labute approximate surface area is 192 Å². The van der Waals surface area contributed by atoms with Crippen LogP contribution in [0.5, 0.6) is 0 Å². The number of rotatable bonds is 4. The van der Waals surface area contributed by atoms with Crippen LogP contribution in [-0.2, 0) is 16.7 Å². The molecule has 0 radical (unpaired) electrons. The van der Waals surface area contributed by atoms with Crippen molar-refractivity contribution in [2.24, 2.45) is 10.7 Å². The minimum absolute atomic E-state index is 0. The van der Waals surface area contributed by atoms with Gasteiger partial charge in [0.1, 0.15) is 22.9 Å². The largest absolute Gasteiger partial charge is 0.424 e. The highest BCUT2D eigenvalue weighted by Gasteiger charge is 2.59. The summed E-state index contributed by atoms with van der Waals surface area (Å²) in [6.07, 6.45) is -3.69. The molecule has 1 aromatic heterocycles. The quantitative estimate of drug-likeness (QED) is 0.488. The number of hydrogen-bond donors (Lipinski definition) is 2. The highest BCUT2D eigenvalue weighted by atomic mass is 35.5. The number of ether oxygens (including phenoxy) is 1. The first-order valence-corrected chi connectivity index (χ1v) is 9.44. The highest BCUT2D eigenvalue weighted by Crippen LogP contribution is 2.41. The number of nitrogens with two attached hydrogens (primary N) is 2. The van der Waals surface area contributed by atoms with Crippen molar-refractivity contribution in [3.05, 3.63) is 58.1 Å². The van der Waals surface area contributed by atoms with Crippen molar-refractivity contribution < 1.29 is 27.1 Å². The maximum absolute atomic E-state index is 14.6. The fraction of sp³-hybridized carbons (Fsp3) is 0.350. The van der Waals surface area contributed by atoms with Crippen molar-refractivity contribution in [1.29, 1.82) is 0 Å². The smallest absolute Gasteiger partial charge is 0.397 e. The van der Waals surface area contributed by atoms with Gasteiger partial charge in [-0.1, -0.05) is 17.7 Å². The van der Waals surface area contributed by atoms with Gasteiger partial charge in [-0.2, -0.15) is 13.2 Å². The molecule has 3 rings (SSSR count). The van der Waals surface area contributed by atoms with Crippen LogP contribution in [0.4, 0.5) is 23.2 Å². The van der Waals surface area contributed by atoms with E-state index in [1.165, 1.54) is 31.3 Å². The number of benzene rings is 1. The standard InChI is InChI=1S/C20H19ClF4N4O2.ClH/c1-18(9-31-19(2,17(27)29-18)20(23,24)25)12-5-10(3-4-13(12)22)6-15(30)16-14(26)7-11(21)8-28-16;/h3-5,7-8H,6,9,26H2,1-2H3,(H2,27,29);1H/t18-,19+;/m0./s1. The van der Waals surface area contributed by atoms with Crippen LogP contribution in [0, 0.1) is 5.82 Å². The lowest BCUT2D eigenvalue weighted by molar-refractivity contribution is -0.249. The number of carbonyl (C=O) groups is 1. The van der Waals surface area contributed by atoms with E-state index in [4.69, 9.17) is 27.8 Å². The summed E-state index contributed by atoms with van der Waals surface area (Å²) in [7, 11) is 0. The van der Waals surface area contributed by atoms with E-state index in [0.29, 0.717) is 5.56 Å². The number of aliphatic imine (C=N–C) groups is 1. The number of amidine groups is 1. The minimum Gasteiger partial charge on any atom is -0.397 e. The molecule has 0 saturated carbocycles. The zero-order valence-corrected chi connectivity index (χ0v) is 18.5. The molecule has 0 unspecified atom stereocenters. The fourth-order valence-corrected chi connectivity index (χ4v) is 3.35. The molecular weight excluding hydrogens is 475 g/mol. The molecule has 0 amide bonds. The van der Waals surface area contributed by atoms with Gasteiger partial charge < -0.3 is 16.2 Å². The third-order valence-corrected chi connectivity index (χ3v) is 5.37. The SMILES string of the molecule is C[C@@]1(c2cc(CC(=O)c3ncc(Cl)cc3N)ccc2F)CO[C@@](C)(C(F)(F)F)C(N)=N1.Cl. The Morgan fingerprint density at radius 1 is 1.25 bits per heavy atom. The molecule has 2 aromatic rings. The summed E-state index contributed by atoms with van der Waals surface area (Å²) in [5.41, 5.74) is 7.50. The van der Waals surface area contributed by atoms with E-state index < -0.39 is 41.4 Å². The molecule has 0 fully saturated rings. The number of carbonyl (C=O) groups excluding carboxylic acids is 1. The molecule has 1 aromatic carbocycles. The molecule has 6 nitrogen and oxygen atoms in total. The van der Waals surface area contributed by atoms with E-state index in [-0.39, 0.29) is 40.8 Å². The lowest BCUT2D eigenvalue weighted by Gasteiger charge is -2.41. The zero-order chi connectivity index (χ0) is 23.2. The van der Waals surface area contributed by atoms with E-state index in [1.807, 2.05) is 0 Å². The Morgan fingerprint density at radius 3 is 2.47 bits per heavy atom. The first-order valence-electron chi connectivity index (χ1n) is 9.06. The average Bonchev–Trinajstić information content (AvgIpc) is 2.65. The van der Waals surface area contributed by atoms with Gasteiger partial charge in [-0.05, 0) is 37.6 Å². The Balaban J connectivity index is 0.00000363. The van der Waals surface area contributed by atoms with Crippen molar-refractivity contribution in [3.63, 3.8) is 0 Å². The number of nitrogen functional groups attached to an aromatic ring is 1. The van der Waals surface area contributed by atoms with Crippen molar-refractivity contribution >= 4 is 41.3 Å². The summed E-state index contributed by atoms with van der Waals surface area (Å²) in [5, 5.41) is 0.268. The summed E-state index contributed by atoms with van der Waals surface area (Å²) in [6, 6.07) is 5.21. The van der Waals surface area contributed by atoms with E-state index in [0.717, 1.165) is 13.0 Å². The predicted molar refractivity (Wildman–Crippen MR) is 115 cm³/mol. The number of Topliss-reactive ketones (excluding diaryl/α,β-unsaturated/α-hetero) is 1. The second kappa shape index (κ2) is 8.84.